The zero-order chi connectivity index (χ0) is 23.8. The number of benzene rings is 1. The molecule has 1 amide bonds. The van der Waals surface area contributed by atoms with Crippen LogP contribution < -0.4 is 10.2 Å². The first kappa shape index (κ1) is 23.5. The number of aromatic nitrogens is 3. The standard InChI is InChI=1S/C24H24F2IN5O/c1-14(2)21-28-11-15(12-29-21)23(33)31-20-17(16-6-4-5-7-18(16)25)10-19(26)30-22(20)32-9-8-24(3,27)13-32/h4-7,10-12,14H,8-9,13H2,1-3H3,(H,31,33). The van der Waals surface area contributed by atoms with Gasteiger partial charge in [-0.05, 0) is 19.4 Å². The van der Waals surface area contributed by atoms with Gasteiger partial charge in [-0.1, -0.05) is 54.6 Å². The predicted molar refractivity (Wildman–Crippen MR) is 133 cm³/mol. The van der Waals surface area contributed by atoms with Crippen molar-refractivity contribution in [3.05, 3.63) is 65.9 Å². The molecule has 9 heteroatoms. The SMILES string of the molecule is CC(C)c1ncc(C(=O)Nc2c(-c3ccccc3F)cc(F)nc2N2CCC(C)(I)C2)cn1. The maximum absolute atomic E-state index is 14.7. The van der Waals surface area contributed by atoms with Gasteiger partial charge in [0.1, 0.15) is 11.6 Å². The Hall–Kier alpha value is -2.69. The van der Waals surface area contributed by atoms with Crippen LogP contribution in [0.3, 0.4) is 0 Å². The molecule has 6 nitrogen and oxygen atoms in total. The highest BCUT2D eigenvalue weighted by Crippen LogP contribution is 2.41. The Morgan fingerprint density at radius 3 is 2.48 bits per heavy atom. The predicted octanol–water partition coefficient (Wildman–Crippen LogP) is 5.60. The van der Waals surface area contributed by atoms with Crippen molar-refractivity contribution in [2.75, 3.05) is 23.3 Å². The molecule has 172 valence electrons. The third kappa shape index (κ3) is 5.13. The fourth-order valence-electron chi connectivity index (χ4n) is 3.79. The van der Waals surface area contributed by atoms with Crippen LogP contribution in [0.4, 0.5) is 20.3 Å². The van der Waals surface area contributed by atoms with E-state index in [2.05, 4.69) is 49.8 Å². The van der Waals surface area contributed by atoms with Gasteiger partial charge in [0.25, 0.3) is 5.91 Å². The maximum Gasteiger partial charge on any atom is 0.258 e. The number of carbonyl (C=O) groups is 1. The first-order valence-corrected chi connectivity index (χ1v) is 11.7. The molecule has 1 aliphatic heterocycles. The second-order valence-corrected chi connectivity index (χ2v) is 11.3. The van der Waals surface area contributed by atoms with E-state index in [9.17, 15) is 13.6 Å². The summed E-state index contributed by atoms with van der Waals surface area (Å²) in [6.45, 7) is 7.29. The summed E-state index contributed by atoms with van der Waals surface area (Å²) < 4.78 is 29.3. The summed E-state index contributed by atoms with van der Waals surface area (Å²) in [5.41, 5.74) is 0.909. The molecule has 33 heavy (non-hydrogen) atoms. The monoisotopic (exact) mass is 563 g/mol. The number of halogens is 3. The lowest BCUT2D eigenvalue weighted by atomic mass is 10.0. The van der Waals surface area contributed by atoms with E-state index in [0.29, 0.717) is 18.9 Å². The zero-order valence-corrected chi connectivity index (χ0v) is 20.7. The van der Waals surface area contributed by atoms with Crippen LogP contribution >= 0.6 is 22.6 Å². The van der Waals surface area contributed by atoms with Gasteiger partial charge in [0.05, 0.1) is 11.3 Å². The number of nitrogens with one attached hydrogen (secondary N) is 1. The minimum atomic E-state index is -0.743. The van der Waals surface area contributed by atoms with Gasteiger partial charge in [0, 0.05) is 52.0 Å². The third-order valence-corrected chi connectivity index (χ3v) is 6.43. The van der Waals surface area contributed by atoms with Crippen molar-refractivity contribution in [1.29, 1.82) is 0 Å². The quantitative estimate of drug-likeness (QED) is 0.249. The summed E-state index contributed by atoms with van der Waals surface area (Å²) >= 11 is 2.37. The molecule has 1 unspecified atom stereocenters. The van der Waals surface area contributed by atoms with Gasteiger partial charge in [-0.2, -0.15) is 4.39 Å². The van der Waals surface area contributed by atoms with Gasteiger partial charge >= 0.3 is 0 Å². The van der Waals surface area contributed by atoms with Crippen LogP contribution in [-0.4, -0.2) is 37.4 Å². The molecular formula is C24H24F2IN5O. The third-order valence-electron chi connectivity index (χ3n) is 5.55. The second-order valence-electron chi connectivity index (χ2n) is 8.69. The molecule has 1 saturated heterocycles. The molecule has 0 radical (unpaired) electrons. The van der Waals surface area contributed by atoms with E-state index in [1.807, 2.05) is 18.7 Å². The van der Waals surface area contributed by atoms with Crippen LogP contribution in [0.5, 0.6) is 0 Å². The molecule has 1 atom stereocenters. The van der Waals surface area contributed by atoms with E-state index >= 15 is 0 Å². The average molecular weight is 563 g/mol. The van der Waals surface area contributed by atoms with Crippen molar-refractivity contribution >= 4 is 40.0 Å². The summed E-state index contributed by atoms with van der Waals surface area (Å²) in [6.07, 6.45) is 3.78. The number of carbonyl (C=O) groups excluding carboxylic acids is 1. The van der Waals surface area contributed by atoms with Crippen molar-refractivity contribution < 1.29 is 13.6 Å². The Balaban J connectivity index is 1.80. The molecule has 2 aromatic heterocycles. The lowest BCUT2D eigenvalue weighted by molar-refractivity contribution is 0.102. The average Bonchev–Trinajstić information content (AvgIpc) is 3.14. The first-order chi connectivity index (χ1) is 15.6. The van der Waals surface area contributed by atoms with E-state index in [1.165, 1.54) is 18.5 Å². The molecule has 3 aromatic rings. The van der Waals surface area contributed by atoms with Crippen molar-refractivity contribution in [3.63, 3.8) is 0 Å². The number of alkyl halides is 1. The van der Waals surface area contributed by atoms with E-state index in [-0.39, 0.29) is 37.5 Å². The van der Waals surface area contributed by atoms with Gasteiger partial charge in [-0.25, -0.2) is 19.3 Å². The van der Waals surface area contributed by atoms with Crippen LogP contribution in [0.2, 0.25) is 0 Å². The Morgan fingerprint density at radius 2 is 1.88 bits per heavy atom. The van der Waals surface area contributed by atoms with E-state index in [1.54, 1.807) is 18.2 Å². The second kappa shape index (κ2) is 9.28. The summed E-state index contributed by atoms with van der Waals surface area (Å²) in [5.74, 6) is -0.709. The molecule has 0 aliphatic carbocycles. The molecule has 4 rings (SSSR count). The number of rotatable bonds is 5. The molecular weight excluding hydrogens is 539 g/mol. The molecule has 1 aliphatic rings. The Kier molecular flexibility index (Phi) is 6.60. The minimum Gasteiger partial charge on any atom is -0.353 e. The highest BCUT2D eigenvalue weighted by atomic mass is 127. The van der Waals surface area contributed by atoms with Crippen LogP contribution in [0.25, 0.3) is 11.1 Å². The Morgan fingerprint density at radius 1 is 1.18 bits per heavy atom. The molecule has 0 bridgehead atoms. The Bertz CT molecular complexity index is 1180. The topological polar surface area (TPSA) is 71.0 Å². The number of anilines is 2. The van der Waals surface area contributed by atoms with Crippen molar-refractivity contribution in [2.24, 2.45) is 0 Å². The van der Waals surface area contributed by atoms with Gasteiger partial charge in [0.2, 0.25) is 5.95 Å². The van der Waals surface area contributed by atoms with Crippen molar-refractivity contribution in [3.8, 4) is 11.1 Å². The van der Waals surface area contributed by atoms with Gasteiger partial charge < -0.3 is 10.2 Å². The summed E-state index contributed by atoms with van der Waals surface area (Å²) in [7, 11) is 0. The zero-order valence-electron chi connectivity index (χ0n) is 18.6. The van der Waals surface area contributed by atoms with Crippen LogP contribution in [-0.2, 0) is 0 Å². The fraction of sp³-hybridized carbons (Fsp3) is 0.333. The first-order valence-electron chi connectivity index (χ1n) is 10.7. The lowest BCUT2D eigenvalue weighted by Gasteiger charge is -2.24. The Labute approximate surface area is 205 Å². The number of pyridine rings is 1. The van der Waals surface area contributed by atoms with E-state index in [4.69, 9.17) is 0 Å². The number of amides is 1. The highest BCUT2D eigenvalue weighted by Gasteiger charge is 2.34. The van der Waals surface area contributed by atoms with E-state index < -0.39 is 17.7 Å². The molecule has 0 saturated carbocycles. The fourth-order valence-corrected chi connectivity index (χ4v) is 4.44. The largest absolute Gasteiger partial charge is 0.353 e. The van der Waals surface area contributed by atoms with Gasteiger partial charge in [-0.15, -0.1) is 0 Å². The normalized spacial score (nSPS) is 18.1. The van der Waals surface area contributed by atoms with Crippen LogP contribution in [0.15, 0.2) is 42.7 Å². The molecule has 1 aromatic carbocycles. The molecule has 1 N–H and O–H groups in total. The van der Waals surface area contributed by atoms with E-state index in [0.717, 1.165) is 12.5 Å². The lowest BCUT2D eigenvalue weighted by Crippen LogP contribution is -2.27. The summed E-state index contributed by atoms with van der Waals surface area (Å²) in [4.78, 5) is 27.6. The number of hydrogen-bond donors (Lipinski definition) is 1. The van der Waals surface area contributed by atoms with Crippen LogP contribution in [0, 0.1) is 11.8 Å². The summed E-state index contributed by atoms with van der Waals surface area (Å²) in [6, 6.07) is 7.23. The molecule has 1 fully saturated rings. The maximum atomic E-state index is 14.7. The van der Waals surface area contributed by atoms with Gasteiger partial charge in [0.15, 0.2) is 5.82 Å². The number of nitrogens with zero attached hydrogens (tertiary/aromatic N) is 4. The minimum absolute atomic E-state index is 0.0221. The smallest absolute Gasteiger partial charge is 0.258 e. The highest BCUT2D eigenvalue weighted by molar-refractivity contribution is 14.1. The van der Waals surface area contributed by atoms with Crippen molar-refractivity contribution in [1.82, 2.24) is 15.0 Å². The molecule has 3 heterocycles. The van der Waals surface area contributed by atoms with Crippen molar-refractivity contribution in [2.45, 2.75) is 36.5 Å². The van der Waals surface area contributed by atoms with Gasteiger partial charge in [-0.3, -0.25) is 4.79 Å². The van der Waals surface area contributed by atoms with Crippen LogP contribution in [0.1, 0.15) is 49.3 Å². The summed E-state index contributed by atoms with van der Waals surface area (Å²) in [5, 5.41) is 2.84. The number of hydrogen-bond acceptors (Lipinski definition) is 5. The molecule has 0 spiro atoms.